The monoisotopic (exact) mass is 234 g/mol. The molecule has 2 rings (SSSR count). The van der Waals surface area contributed by atoms with Crippen molar-refractivity contribution in [3.8, 4) is 0 Å². The lowest BCUT2D eigenvalue weighted by Gasteiger charge is -2.30. The molecule has 0 saturated heterocycles. The van der Waals surface area contributed by atoms with Crippen LogP contribution in [0, 0.1) is 18.8 Å². The van der Waals surface area contributed by atoms with Gasteiger partial charge in [0.15, 0.2) is 0 Å². The Kier molecular flexibility index (Phi) is 4.31. The molecule has 1 aliphatic rings. The zero-order valence-electron chi connectivity index (χ0n) is 10.5. The number of hydrogen-bond donors (Lipinski definition) is 2. The number of hydrogen-bond acceptors (Lipinski definition) is 4. The first-order chi connectivity index (χ1) is 8.29. The van der Waals surface area contributed by atoms with Crippen LogP contribution in [0.3, 0.4) is 0 Å². The second kappa shape index (κ2) is 5.96. The van der Waals surface area contributed by atoms with Crippen LogP contribution < -0.4 is 11.1 Å². The summed E-state index contributed by atoms with van der Waals surface area (Å²) in [5, 5.41) is 3.33. The maximum atomic E-state index is 5.82. The fourth-order valence-electron chi connectivity index (χ4n) is 2.57. The van der Waals surface area contributed by atoms with Gasteiger partial charge in [-0.3, -0.25) is 0 Å². The van der Waals surface area contributed by atoms with Gasteiger partial charge < -0.3 is 11.1 Å². The second-order valence-corrected chi connectivity index (χ2v) is 5.01. The van der Waals surface area contributed by atoms with E-state index in [0.717, 1.165) is 24.6 Å². The molecule has 0 amide bonds. The molecule has 94 valence electrons. The third-order valence-corrected chi connectivity index (χ3v) is 3.67. The van der Waals surface area contributed by atoms with E-state index in [-0.39, 0.29) is 0 Å². The van der Waals surface area contributed by atoms with Gasteiger partial charge in [-0.15, -0.1) is 0 Å². The zero-order chi connectivity index (χ0) is 12.1. The number of anilines is 1. The molecule has 4 heteroatoms. The predicted octanol–water partition coefficient (Wildman–Crippen LogP) is 1.96. The minimum absolute atomic E-state index is 0.668. The second-order valence-electron chi connectivity index (χ2n) is 5.01. The summed E-state index contributed by atoms with van der Waals surface area (Å²) in [6, 6.07) is 0. The van der Waals surface area contributed by atoms with Crippen LogP contribution in [0.1, 0.15) is 31.2 Å². The van der Waals surface area contributed by atoms with Crippen molar-refractivity contribution in [2.24, 2.45) is 17.6 Å². The van der Waals surface area contributed by atoms with E-state index in [0.29, 0.717) is 11.8 Å². The largest absolute Gasteiger partial charge is 0.354 e. The van der Waals surface area contributed by atoms with Gasteiger partial charge >= 0.3 is 0 Å². The van der Waals surface area contributed by atoms with Gasteiger partial charge in [0.2, 0.25) is 5.95 Å². The maximum Gasteiger partial charge on any atom is 0.222 e. The summed E-state index contributed by atoms with van der Waals surface area (Å²) in [5.41, 5.74) is 6.91. The highest BCUT2D eigenvalue weighted by Crippen LogP contribution is 2.29. The van der Waals surface area contributed by atoms with E-state index in [2.05, 4.69) is 15.3 Å². The molecule has 2 unspecified atom stereocenters. The molecule has 1 fully saturated rings. The minimum Gasteiger partial charge on any atom is -0.354 e. The average molecular weight is 234 g/mol. The van der Waals surface area contributed by atoms with E-state index >= 15 is 0 Å². The first-order valence-electron chi connectivity index (χ1n) is 6.52. The van der Waals surface area contributed by atoms with E-state index < -0.39 is 0 Å². The summed E-state index contributed by atoms with van der Waals surface area (Å²) in [6.07, 6.45) is 8.91. The van der Waals surface area contributed by atoms with Crippen molar-refractivity contribution in [2.75, 3.05) is 18.4 Å². The number of nitrogens with two attached hydrogens (primary N) is 1. The molecule has 1 aromatic heterocycles. The molecule has 0 aliphatic heterocycles. The van der Waals surface area contributed by atoms with Crippen LogP contribution in [-0.4, -0.2) is 23.1 Å². The van der Waals surface area contributed by atoms with Gasteiger partial charge in [-0.25, -0.2) is 9.97 Å². The van der Waals surface area contributed by atoms with E-state index in [1.807, 2.05) is 19.3 Å². The summed E-state index contributed by atoms with van der Waals surface area (Å²) >= 11 is 0. The summed E-state index contributed by atoms with van der Waals surface area (Å²) in [7, 11) is 0. The molecular weight excluding hydrogens is 212 g/mol. The van der Waals surface area contributed by atoms with Gasteiger partial charge in [-0.2, -0.15) is 0 Å². The van der Waals surface area contributed by atoms with E-state index in [4.69, 9.17) is 5.73 Å². The molecule has 1 aliphatic carbocycles. The van der Waals surface area contributed by atoms with Gasteiger partial charge in [-0.1, -0.05) is 12.8 Å². The van der Waals surface area contributed by atoms with E-state index in [1.165, 1.54) is 25.7 Å². The number of nitrogens with one attached hydrogen (secondary N) is 1. The van der Waals surface area contributed by atoms with Crippen molar-refractivity contribution in [2.45, 2.75) is 32.6 Å². The van der Waals surface area contributed by atoms with Gasteiger partial charge in [-0.05, 0) is 43.7 Å². The average Bonchev–Trinajstić information content (AvgIpc) is 2.38. The molecule has 2 atom stereocenters. The molecule has 0 radical (unpaired) electrons. The van der Waals surface area contributed by atoms with Crippen LogP contribution in [0.25, 0.3) is 0 Å². The van der Waals surface area contributed by atoms with Crippen LogP contribution in [0.2, 0.25) is 0 Å². The molecule has 17 heavy (non-hydrogen) atoms. The Balaban J connectivity index is 1.86. The molecule has 0 bridgehead atoms. The van der Waals surface area contributed by atoms with Gasteiger partial charge in [0.25, 0.3) is 0 Å². The Morgan fingerprint density at radius 2 is 1.88 bits per heavy atom. The normalized spacial score (nSPS) is 24.6. The molecule has 1 aromatic rings. The molecule has 3 N–H and O–H groups in total. The van der Waals surface area contributed by atoms with Crippen LogP contribution in [0.4, 0.5) is 5.95 Å². The third-order valence-electron chi connectivity index (χ3n) is 3.67. The number of aryl methyl sites for hydroxylation is 1. The Bertz CT molecular complexity index is 336. The van der Waals surface area contributed by atoms with Gasteiger partial charge in [0.1, 0.15) is 0 Å². The molecular formula is C13H22N4. The standard InChI is InChI=1S/C13H22N4/c1-10-7-15-13(16-8-10)17-9-12-5-3-2-4-11(12)6-14/h7-8,11-12H,2-6,9,14H2,1H3,(H,15,16,17). The van der Waals surface area contributed by atoms with Crippen molar-refractivity contribution in [3.63, 3.8) is 0 Å². The van der Waals surface area contributed by atoms with Crippen LogP contribution >= 0.6 is 0 Å². The first-order valence-corrected chi connectivity index (χ1v) is 6.52. The lowest BCUT2D eigenvalue weighted by molar-refractivity contribution is 0.255. The fraction of sp³-hybridized carbons (Fsp3) is 0.692. The Hall–Kier alpha value is -1.16. The summed E-state index contributed by atoms with van der Waals surface area (Å²) in [5.74, 6) is 2.08. The van der Waals surface area contributed by atoms with Gasteiger partial charge in [0.05, 0.1) is 0 Å². The molecule has 0 spiro atoms. The number of rotatable bonds is 4. The smallest absolute Gasteiger partial charge is 0.222 e. The topological polar surface area (TPSA) is 63.8 Å². The third kappa shape index (κ3) is 3.40. The molecule has 0 aromatic carbocycles. The van der Waals surface area contributed by atoms with Crippen molar-refractivity contribution in [3.05, 3.63) is 18.0 Å². The first kappa shape index (κ1) is 12.3. The van der Waals surface area contributed by atoms with E-state index in [9.17, 15) is 0 Å². The Morgan fingerprint density at radius 3 is 2.53 bits per heavy atom. The molecule has 1 saturated carbocycles. The quantitative estimate of drug-likeness (QED) is 0.836. The van der Waals surface area contributed by atoms with Crippen molar-refractivity contribution < 1.29 is 0 Å². The predicted molar refractivity (Wildman–Crippen MR) is 69.8 cm³/mol. The molecule has 4 nitrogen and oxygen atoms in total. The lowest BCUT2D eigenvalue weighted by atomic mass is 9.79. The lowest BCUT2D eigenvalue weighted by Crippen LogP contribution is -2.31. The van der Waals surface area contributed by atoms with Crippen molar-refractivity contribution in [1.82, 2.24) is 9.97 Å². The number of nitrogens with zero attached hydrogens (tertiary/aromatic N) is 2. The Labute approximate surface area is 103 Å². The minimum atomic E-state index is 0.668. The highest BCUT2D eigenvalue weighted by molar-refractivity contribution is 5.24. The summed E-state index contributed by atoms with van der Waals surface area (Å²) in [6.45, 7) is 3.75. The summed E-state index contributed by atoms with van der Waals surface area (Å²) < 4.78 is 0. The van der Waals surface area contributed by atoms with Crippen LogP contribution in [-0.2, 0) is 0 Å². The van der Waals surface area contributed by atoms with Crippen molar-refractivity contribution in [1.29, 1.82) is 0 Å². The zero-order valence-corrected chi connectivity index (χ0v) is 10.5. The van der Waals surface area contributed by atoms with E-state index in [1.54, 1.807) is 0 Å². The fourth-order valence-corrected chi connectivity index (χ4v) is 2.57. The Morgan fingerprint density at radius 1 is 1.24 bits per heavy atom. The highest BCUT2D eigenvalue weighted by Gasteiger charge is 2.23. The van der Waals surface area contributed by atoms with Crippen LogP contribution in [0.5, 0.6) is 0 Å². The highest BCUT2D eigenvalue weighted by atomic mass is 15.1. The maximum absolute atomic E-state index is 5.82. The summed E-state index contributed by atoms with van der Waals surface area (Å²) in [4.78, 5) is 8.52. The number of aromatic nitrogens is 2. The molecule has 1 heterocycles. The SMILES string of the molecule is Cc1cnc(NCC2CCCCC2CN)nc1. The van der Waals surface area contributed by atoms with Crippen molar-refractivity contribution >= 4 is 5.95 Å². The van der Waals surface area contributed by atoms with Crippen LogP contribution in [0.15, 0.2) is 12.4 Å². The van der Waals surface area contributed by atoms with Gasteiger partial charge in [0, 0.05) is 18.9 Å².